The SMILES string of the molecule is COc1cccc(C(=O)NC(C)(O)C(=O)O)c1. The Bertz CT molecular complexity index is 441. The Morgan fingerprint density at radius 1 is 1.41 bits per heavy atom. The van der Waals surface area contributed by atoms with Crippen LogP contribution in [0.1, 0.15) is 17.3 Å². The molecule has 0 saturated carbocycles. The summed E-state index contributed by atoms with van der Waals surface area (Å²) in [6.45, 7) is 0.980. The molecular weight excluding hydrogens is 226 g/mol. The van der Waals surface area contributed by atoms with Crippen molar-refractivity contribution in [3.8, 4) is 5.75 Å². The number of carboxylic acids is 1. The lowest BCUT2D eigenvalue weighted by Crippen LogP contribution is -2.52. The summed E-state index contributed by atoms with van der Waals surface area (Å²) in [6.07, 6.45) is 0. The number of aliphatic carboxylic acids is 1. The van der Waals surface area contributed by atoms with Gasteiger partial charge in [0, 0.05) is 5.56 Å². The van der Waals surface area contributed by atoms with Gasteiger partial charge in [-0.15, -0.1) is 0 Å². The van der Waals surface area contributed by atoms with Gasteiger partial charge in [0.1, 0.15) is 5.75 Å². The first-order chi connectivity index (χ1) is 7.86. The molecular formula is C11H13NO5. The van der Waals surface area contributed by atoms with Crippen LogP contribution < -0.4 is 10.1 Å². The van der Waals surface area contributed by atoms with Crippen LogP contribution in [0.3, 0.4) is 0 Å². The van der Waals surface area contributed by atoms with Crippen LogP contribution in [0.4, 0.5) is 0 Å². The summed E-state index contributed by atoms with van der Waals surface area (Å²) in [4.78, 5) is 22.3. The molecule has 0 spiro atoms. The van der Waals surface area contributed by atoms with Crippen molar-refractivity contribution in [1.82, 2.24) is 5.32 Å². The van der Waals surface area contributed by atoms with Crippen LogP contribution in [0.5, 0.6) is 5.75 Å². The fraction of sp³-hybridized carbons (Fsp3) is 0.273. The Labute approximate surface area is 97.8 Å². The van der Waals surface area contributed by atoms with E-state index in [4.69, 9.17) is 9.84 Å². The van der Waals surface area contributed by atoms with Gasteiger partial charge in [-0.1, -0.05) is 6.07 Å². The van der Waals surface area contributed by atoms with E-state index in [1.807, 2.05) is 5.32 Å². The molecule has 1 rings (SSSR count). The number of carbonyl (C=O) groups is 2. The van der Waals surface area contributed by atoms with Crippen molar-refractivity contribution < 1.29 is 24.5 Å². The topological polar surface area (TPSA) is 95.9 Å². The quantitative estimate of drug-likeness (QED) is 0.653. The first-order valence-electron chi connectivity index (χ1n) is 4.79. The Kier molecular flexibility index (Phi) is 3.69. The van der Waals surface area contributed by atoms with Crippen molar-refractivity contribution in [3.63, 3.8) is 0 Å². The predicted molar refractivity (Wildman–Crippen MR) is 58.7 cm³/mol. The molecule has 92 valence electrons. The zero-order chi connectivity index (χ0) is 13.1. The van der Waals surface area contributed by atoms with Gasteiger partial charge in [0.2, 0.25) is 5.72 Å². The highest BCUT2D eigenvalue weighted by atomic mass is 16.5. The molecule has 0 aliphatic rings. The maximum Gasteiger partial charge on any atom is 0.356 e. The first-order valence-corrected chi connectivity index (χ1v) is 4.79. The van der Waals surface area contributed by atoms with Gasteiger partial charge in [-0.25, -0.2) is 4.79 Å². The fourth-order valence-electron chi connectivity index (χ4n) is 1.11. The average molecular weight is 239 g/mol. The normalized spacial score (nSPS) is 13.6. The van der Waals surface area contributed by atoms with Gasteiger partial charge in [0.05, 0.1) is 7.11 Å². The van der Waals surface area contributed by atoms with Gasteiger partial charge >= 0.3 is 5.97 Å². The van der Waals surface area contributed by atoms with Crippen LogP contribution in [0, 0.1) is 0 Å². The molecule has 0 bridgehead atoms. The lowest BCUT2D eigenvalue weighted by atomic mass is 10.1. The molecule has 0 radical (unpaired) electrons. The number of aliphatic hydroxyl groups is 1. The first kappa shape index (κ1) is 13.0. The number of amides is 1. The van der Waals surface area contributed by atoms with Crippen molar-refractivity contribution in [2.24, 2.45) is 0 Å². The van der Waals surface area contributed by atoms with E-state index in [1.165, 1.54) is 19.2 Å². The van der Waals surface area contributed by atoms with Crippen LogP contribution in [-0.2, 0) is 4.79 Å². The molecule has 1 aromatic carbocycles. The number of rotatable bonds is 4. The number of ether oxygens (including phenoxy) is 1. The van der Waals surface area contributed by atoms with Gasteiger partial charge in [-0.2, -0.15) is 0 Å². The molecule has 3 N–H and O–H groups in total. The fourth-order valence-corrected chi connectivity index (χ4v) is 1.11. The molecule has 0 aliphatic carbocycles. The Morgan fingerprint density at radius 2 is 2.06 bits per heavy atom. The molecule has 6 heteroatoms. The minimum absolute atomic E-state index is 0.200. The molecule has 1 unspecified atom stereocenters. The van der Waals surface area contributed by atoms with E-state index in [0.717, 1.165) is 6.92 Å². The number of hydrogen-bond acceptors (Lipinski definition) is 4. The Balaban J connectivity index is 2.86. The number of carbonyl (C=O) groups excluding carboxylic acids is 1. The van der Waals surface area contributed by atoms with E-state index >= 15 is 0 Å². The number of carboxylic acid groups (broad SMARTS) is 1. The van der Waals surface area contributed by atoms with Gasteiger partial charge < -0.3 is 20.3 Å². The van der Waals surface area contributed by atoms with Gasteiger partial charge in [-0.3, -0.25) is 4.79 Å². The van der Waals surface area contributed by atoms with Gasteiger partial charge in [0.25, 0.3) is 5.91 Å². The summed E-state index contributed by atoms with van der Waals surface area (Å²) >= 11 is 0. The standard InChI is InChI=1S/C11H13NO5/c1-11(16,10(14)15)12-9(13)7-4-3-5-8(6-7)17-2/h3-6,16H,1-2H3,(H,12,13)(H,14,15). The summed E-state index contributed by atoms with van der Waals surface area (Å²) in [6, 6.07) is 6.15. The molecule has 0 aliphatic heterocycles. The van der Waals surface area contributed by atoms with Crippen molar-refractivity contribution in [2.75, 3.05) is 7.11 Å². The molecule has 0 saturated heterocycles. The molecule has 6 nitrogen and oxygen atoms in total. The molecule has 0 fully saturated rings. The van der Waals surface area contributed by atoms with E-state index < -0.39 is 17.6 Å². The zero-order valence-electron chi connectivity index (χ0n) is 9.43. The highest BCUT2D eigenvalue weighted by molar-refractivity contribution is 5.97. The number of hydrogen-bond donors (Lipinski definition) is 3. The van der Waals surface area contributed by atoms with E-state index in [9.17, 15) is 14.7 Å². The summed E-state index contributed by atoms with van der Waals surface area (Å²) in [5.74, 6) is -1.77. The lowest BCUT2D eigenvalue weighted by Gasteiger charge is -2.19. The second-order valence-corrected chi connectivity index (χ2v) is 3.56. The third-order valence-electron chi connectivity index (χ3n) is 2.11. The lowest BCUT2D eigenvalue weighted by molar-refractivity contribution is -0.158. The van der Waals surface area contributed by atoms with Crippen LogP contribution in [0.15, 0.2) is 24.3 Å². The van der Waals surface area contributed by atoms with Gasteiger partial charge in [0.15, 0.2) is 0 Å². The summed E-state index contributed by atoms with van der Waals surface area (Å²) in [5.41, 5.74) is -2.11. The Hall–Kier alpha value is -2.08. The van der Waals surface area contributed by atoms with Crippen molar-refractivity contribution in [3.05, 3.63) is 29.8 Å². The minimum atomic E-state index is -2.31. The largest absolute Gasteiger partial charge is 0.497 e. The van der Waals surface area contributed by atoms with Gasteiger partial charge in [-0.05, 0) is 25.1 Å². The second-order valence-electron chi connectivity index (χ2n) is 3.56. The van der Waals surface area contributed by atoms with Crippen molar-refractivity contribution in [2.45, 2.75) is 12.6 Å². The highest BCUT2D eigenvalue weighted by Crippen LogP contribution is 2.13. The average Bonchev–Trinajstić information content (AvgIpc) is 2.28. The predicted octanol–water partition coefficient (Wildman–Crippen LogP) is 0.218. The molecule has 17 heavy (non-hydrogen) atoms. The second kappa shape index (κ2) is 4.84. The summed E-state index contributed by atoms with van der Waals surface area (Å²) in [5, 5.41) is 20.0. The molecule has 1 aromatic rings. The van der Waals surface area contributed by atoms with Crippen LogP contribution in [0.2, 0.25) is 0 Å². The Morgan fingerprint density at radius 3 is 2.59 bits per heavy atom. The van der Waals surface area contributed by atoms with E-state index in [0.29, 0.717) is 5.75 Å². The molecule has 0 aromatic heterocycles. The van der Waals surface area contributed by atoms with Crippen LogP contribution in [-0.4, -0.2) is 34.9 Å². The zero-order valence-corrected chi connectivity index (χ0v) is 9.43. The monoisotopic (exact) mass is 239 g/mol. The third-order valence-corrected chi connectivity index (χ3v) is 2.11. The van der Waals surface area contributed by atoms with Crippen molar-refractivity contribution >= 4 is 11.9 Å². The third kappa shape index (κ3) is 3.18. The van der Waals surface area contributed by atoms with Crippen molar-refractivity contribution in [1.29, 1.82) is 0 Å². The smallest absolute Gasteiger partial charge is 0.356 e. The highest BCUT2D eigenvalue weighted by Gasteiger charge is 2.32. The molecule has 1 amide bonds. The van der Waals surface area contributed by atoms with E-state index in [2.05, 4.69) is 0 Å². The maximum absolute atomic E-state index is 11.6. The molecule has 1 atom stereocenters. The number of benzene rings is 1. The van der Waals surface area contributed by atoms with Crippen LogP contribution >= 0.6 is 0 Å². The number of methoxy groups -OCH3 is 1. The van der Waals surface area contributed by atoms with Crippen LogP contribution in [0.25, 0.3) is 0 Å². The summed E-state index contributed by atoms with van der Waals surface area (Å²) in [7, 11) is 1.45. The number of nitrogens with one attached hydrogen (secondary N) is 1. The molecule has 0 heterocycles. The maximum atomic E-state index is 11.6. The van der Waals surface area contributed by atoms with E-state index in [1.54, 1.807) is 12.1 Å². The minimum Gasteiger partial charge on any atom is -0.497 e. The van der Waals surface area contributed by atoms with E-state index in [-0.39, 0.29) is 5.56 Å². The summed E-state index contributed by atoms with van der Waals surface area (Å²) < 4.78 is 4.92.